The fourth-order valence-corrected chi connectivity index (χ4v) is 0.289. The first kappa shape index (κ1) is 9.89. The van der Waals surface area contributed by atoms with Gasteiger partial charge in [-0.1, -0.05) is 0 Å². The van der Waals surface area contributed by atoms with Crippen LogP contribution in [0, 0.1) is 0 Å². The van der Waals surface area contributed by atoms with E-state index in [9.17, 15) is 0 Å². The van der Waals surface area contributed by atoms with Gasteiger partial charge in [0.2, 0.25) is 0 Å². The number of hydrogen-bond acceptors (Lipinski definition) is 0. The Bertz CT molecular complexity index is 36.8. The summed E-state index contributed by atoms with van der Waals surface area (Å²) in [6, 6.07) is 0. The van der Waals surface area contributed by atoms with Gasteiger partial charge in [-0.15, -0.1) is 0 Å². The minimum atomic E-state index is 0. The standard InChI is InChI=1S/2C2H3.Al.HI/c2*1-2;;/h2*1H,2H2;;1H/q;;+1;/p-1. The second-order valence-corrected chi connectivity index (χ2v) is 1.99. The van der Waals surface area contributed by atoms with E-state index in [0.717, 1.165) is 0 Å². The molecule has 0 aliphatic carbocycles. The van der Waals surface area contributed by atoms with Crippen LogP contribution < -0.4 is 24.0 Å². The molecule has 0 N–H and O–H groups in total. The van der Waals surface area contributed by atoms with Crippen molar-refractivity contribution in [3.63, 3.8) is 0 Å². The van der Waals surface area contributed by atoms with Crippen LogP contribution in [0.15, 0.2) is 23.0 Å². The van der Waals surface area contributed by atoms with E-state index >= 15 is 0 Å². The van der Waals surface area contributed by atoms with Crippen molar-refractivity contribution in [1.29, 1.82) is 0 Å². The van der Waals surface area contributed by atoms with Gasteiger partial charge in [0.25, 0.3) is 0 Å². The molecule has 0 fully saturated rings. The third-order valence-corrected chi connectivity index (χ3v) is 0.816. The number of hydrogen-bond donors (Lipinski definition) is 0. The zero-order valence-electron chi connectivity index (χ0n) is 3.52. The molecule has 2 heteroatoms. The van der Waals surface area contributed by atoms with Crippen LogP contribution in [0.5, 0.6) is 0 Å². The minimum absolute atomic E-state index is 0. The molecule has 0 bridgehead atoms. The van der Waals surface area contributed by atoms with Gasteiger partial charge in [0.05, 0.1) is 0 Å². The summed E-state index contributed by atoms with van der Waals surface area (Å²) in [7, 11) is 0. The van der Waals surface area contributed by atoms with E-state index in [1.807, 2.05) is 9.88 Å². The molecule has 0 atom stereocenters. The van der Waals surface area contributed by atoms with Crippen LogP contribution in [0.3, 0.4) is 0 Å². The van der Waals surface area contributed by atoms with Crippen LogP contribution in [0.4, 0.5) is 0 Å². The molecule has 0 heterocycles. The molecular formula is C4H6AlI. The molecule has 0 aromatic carbocycles. The molecule has 0 spiro atoms. The van der Waals surface area contributed by atoms with Gasteiger partial charge in [-0.2, -0.15) is 0 Å². The first-order valence-corrected chi connectivity index (χ1v) is 2.82. The summed E-state index contributed by atoms with van der Waals surface area (Å²) < 4.78 is 0. The first-order chi connectivity index (χ1) is 2.41. The van der Waals surface area contributed by atoms with Gasteiger partial charge >= 0.3 is 38.3 Å². The third kappa shape index (κ3) is 8.83. The average Bonchev–Trinajstić information content (AvgIpc) is 1.41. The molecule has 0 radical (unpaired) electrons. The molecule has 0 saturated heterocycles. The zero-order valence-corrected chi connectivity index (χ0v) is 6.84. The predicted octanol–water partition coefficient (Wildman–Crippen LogP) is -2.02. The third-order valence-electron chi connectivity index (χ3n) is 0.272. The van der Waals surface area contributed by atoms with Crippen molar-refractivity contribution in [2.24, 2.45) is 0 Å². The van der Waals surface area contributed by atoms with Crippen molar-refractivity contribution in [2.75, 3.05) is 0 Å². The molecule has 0 aliphatic rings. The summed E-state index contributed by atoms with van der Waals surface area (Å²) in [6.45, 7) is 7.03. The van der Waals surface area contributed by atoms with Gasteiger partial charge in [-0.25, -0.2) is 0 Å². The maximum absolute atomic E-state index is 3.52. The van der Waals surface area contributed by atoms with Gasteiger partial charge < -0.3 is 24.0 Å². The number of rotatable bonds is 2. The van der Waals surface area contributed by atoms with Crippen LogP contribution in [-0.2, 0) is 0 Å². The number of halogens is 1. The monoisotopic (exact) mass is 208 g/mol. The fraction of sp³-hybridized carbons (Fsp3) is 0. The smallest absolute Gasteiger partial charge is 1.00 e. The SMILES string of the molecule is C=[CH][Al+][CH]=C.[I-]. The first-order valence-electron chi connectivity index (χ1n) is 1.48. The molecule has 6 heavy (non-hydrogen) atoms. The summed E-state index contributed by atoms with van der Waals surface area (Å²) in [4.78, 5) is 3.79. The van der Waals surface area contributed by atoms with E-state index in [2.05, 4.69) is 13.2 Å². The zero-order chi connectivity index (χ0) is 4.12. The summed E-state index contributed by atoms with van der Waals surface area (Å²) >= 11 is 0.343. The summed E-state index contributed by atoms with van der Waals surface area (Å²) in [5.74, 6) is 0. The Morgan fingerprint density at radius 2 is 1.50 bits per heavy atom. The van der Waals surface area contributed by atoms with E-state index in [1.54, 1.807) is 0 Å². The van der Waals surface area contributed by atoms with E-state index in [1.165, 1.54) is 0 Å². The van der Waals surface area contributed by atoms with Crippen LogP contribution in [0.25, 0.3) is 0 Å². The van der Waals surface area contributed by atoms with E-state index in [-0.39, 0.29) is 24.0 Å². The molecule has 0 nitrogen and oxygen atoms in total. The second-order valence-electron chi connectivity index (χ2n) is 0.664. The molecular weight excluding hydrogens is 202 g/mol. The molecule has 0 aromatic rings. The maximum atomic E-state index is 3.52. The van der Waals surface area contributed by atoms with Gasteiger partial charge in [0, 0.05) is 0 Å². The fourth-order valence-electron chi connectivity index (χ4n) is 0.0962. The van der Waals surface area contributed by atoms with Crippen molar-refractivity contribution in [2.45, 2.75) is 0 Å². The Kier molecular flexibility index (Phi) is 15.2. The Morgan fingerprint density at radius 1 is 1.17 bits per heavy atom. The van der Waals surface area contributed by atoms with Crippen LogP contribution in [-0.4, -0.2) is 15.2 Å². The quantitative estimate of drug-likeness (QED) is 0.363. The van der Waals surface area contributed by atoms with Crippen molar-refractivity contribution in [3.05, 3.63) is 23.0 Å². The van der Waals surface area contributed by atoms with Gasteiger partial charge in [0.15, 0.2) is 0 Å². The Morgan fingerprint density at radius 3 is 1.50 bits per heavy atom. The maximum Gasteiger partial charge on any atom is -1.00 e. The largest absolute Gasteiger partial charge is 1.00 e. The van der Waals surface area contributed by atoms with Crippen molar-refractivity contribution in [3.8, 4) is 0 Å². The summed E-state index contributed by atoms with van der Waals surface area (Å²) in [6.07, 6.45) is 0. The molecule has 0 aliphatic heterocycles. The van der Waals surface area contributed by atoms with Crippen molar-refractivity contribution >= 4 is 15.2 Å². The van der Waals surface area contributed by atoms with Crippen LogP contribution >= 0.6 is 0 Å². The Hall–Kier alpha value is 0.742. The normalized spacial score (nSPS) is 4.00. The topological polar surface area (TPSA) is 0 Å². The van der Waals surface area contributed by atoms with Gasteiger partial charge in [-0.05, 0) is 0 Å². The van der Waals surface area contributed by atoms with Crippen molar-refractivity contribution in [1.82, 2.24) is 0 Å². The van der Waals surface area contributed by atoms with E-state index < -0.39 is 0 Å². The Balaban J connectivity index is 0. The average molecular weight is 208 g/mol. The van der Waals surface area contributed by atoms with Crippen molar-refractivity contribution < 1.29 is 24.0 Å². The van der Waals surface area contributed by atoms with E-state index in [0.29, 0.717) is 15.2 Å². The minimum Gasteiger partial charge on any atom is -1.00 e. The van der Waals surface area contributed by atoms with E-state index in [4.69, 9.17) is 0 Å². The second kappa shape index (κ2) is 9.22. The molecule has 0 unspecified atom stereocenters. The predicted molar refractivity (Wildman–Crippen MR) is 26.1 cm³/mol. The molecule has 0 saturated carbocycles. The van der Waals surface area contributed by atoms with Gasteiger partial charge in [-0.3, -0.25) is 0 Å². The molecule has 0 amide bonds. The van der Waals surface area contributed by atoms with Crippen LogP contribution in [0.2, 0.25) is 0 Å². The summed E-state index contributed by atoms with van der Waals surface area (Å²) in [5, 5.41) is 0. The molecule has 0 aromatic heterocycles. The molecule has 32 valence electrons. The summed E-state index contributed by atoms with van der Waals surface area (Å²) in [5.41, 5.74) is 0. The van der Waals surface area contributed by atoms with Gasteiger partial charge in [0.1, 0.15) is 0 Å². The van der Waals surface area contributed by atoms with Crippen LogP contribution in [0.1, 0.15) is 0 Å². The molecule has 0 rings (SSSR count). The Labute approximate surface area is 62.1 Å².